The summed E-state index contributed by atoms with van der Waals surface area (Å²) in [6.45, 7) is 4.33. The van der Waals surface area contributed by atoms with Crippen molar-refractivity contribution in [1.82, 2.24) is 4.90 Å². The highest BCUT2D eigenvalue weighted by molar-refractivity contribution is 5.75. The number of hydrogen-bond acceptors (Lipinski definition) is 4. The molecule has 0 aliphatic heterocycles. The maximum atomic E-state index is 11.6. The third-order valence-electron chi connectivity index (χ3n) is 3.17. The zero-order valence-electron chi connectivity index (χ0n) is 10.1. The van der Waals surface area contributed by atoms with E-state index in [-0.39, 0.29) is 12.0 Å². The Labute approximate surface area is 97.2 Å². The zero-order chi connectivity index (χ0) is 12.0. The lowest BCUT2D eigenvalue weighted by Crippen LogP contribution is -2.45. The Bertz CT molecular complexity index is 267. The Balaban J connectivity index is 2.61. The smallest absolute Gasteiger partial charge is 0.323 e. The van der Waals surface area contributed by atoms with Gasteiger partial charge in [0, 0.05) is 6.04 Å². The van der Waals surface area contributed by atoms with Crippen LogP contribution in [0.4, 0.5) is 0 Å². The van der Waals surface area contributed by atoms with Gasteiger partial charge in [-0.25, -0.2) is 0 Å². The number of hydrogen-bond donors (Lipinski definition) is 0. The van der Waals surface area contributed by atoms with E-state index in [0.717, 1.165) is 12.8 Å². The molecule has 0 bridgehead atoms. The van der Waals surface area contributed by atoms with Gasteiger partial charge in [-0.05, 0) is 26.7 Å². The van der Waals surface area contributed by atoms with Crippen LogP contribution < -0.4 is 0 Å². The molecule has 4 heteroatoms. The van der Waals surface area contributed by atoms with Gasteiger partial charge < -0.3 is 4.74 Å². The molecule has 0 radical (unpaired) electrons. The third kappa shape index (κ3) is 3.21. The van der Waals surface area contributed by atoms with Crippen molar-refractivity contribution in [3.8, 4) is 6.07 Å². The summed E-state index contributed by atoms with van der Waals surface area (Å²) in [6, 6.07) is 2.21. The maximum absolute atomic E-state index is 11.6. The molecule has 90 valence electrons. The first-order chi connectivity index (χ1) is 7.70. The standard InChI is InChI=1S/C12H20N2O2/c1-3-16-12(15)10(2)14(9-8-13)11-6-4-5-7-11/h10-11H,3-7,9H2,1-2H3. The molecule has 0 aromatic carbocycles. The third-order valence-corrected chi connectivity index (χ3v) is 3.17. The second-order valence-electron chi connectivity index (χ2n) is 4.20. The highest BCUT2D eigenvalue weighted by Gasteiger charge is 2.30. The molecule has 1 aliphatic carbocycles. The first kappa shape index (κ1) is 13.0. The Kier molecular flexibility index (Phi) is 5.27. The second-order valence-corrected chi connectivity index (χ2v) is 4.20. The SMILES string of the molecule is CCOC(=O)C(C)N(CC#N)C1CCCC1. The van der Waals surface area contributed by atoms with Crippen LogP contribution in [0.1, 0.15) is 39.5 Å². The monoisotopic (exact) mass is 224 g/mol. The van der Waals surface area contributed by atoms with E-state index in [1.807, 2.05) is 11.8 Å². The Morgan fingerprint density at radius 3 is 2.69 bits per heavy atom. The highest BCUT2D eigenvalue weighted by Crippen LogP contribution is 2.25. The molecule has 1 aliphatic rings. The number of rotatable bonds is 5. The second kappa shape index (κ2) is 6.49. The minimum absolute atomic E-state index is 0.218. The van der Waals surface area contributed by atoms with Gasteiger partial charge in [-0.15, -0.1) is 0 Å². The van der Waals surface area contributed by atoms with Crippen LogP contribution in [0.25, 0.3) is 0 Å². The molecule has 16 heavy (non-hydrogen) atoms. The normalized spacial score (nSPS) is 18.4. The van der Waals surface area contributed by atoms with E-state index in [0.29, 0.717) is 19.2 Å². The molecule has 0 aromatic heterocycles. The van der Waals surface area contributed by atoms with Gasteiger partial charge in [0.05, 0.1) is 19.2 Å². The van der Waals surface area contributed by atoms with E-state index in [1.165, 1.54) is 12.8 Å². The van der Waals surface area contributed by atoms with Crippen LogP contribution in [0, 0.1) is 11.3 Å². The van der Waals surface area contributed by atoms with Crippen molar-refractivity contribution in [2.45, 2.75) is 51.6 Å². The number of nitrogens with zero attached hydrogens (tertiary/aromatic N) is 2. The van der Waals surface area contributed by atoms with Crippen molar-refractivity contribution in [3.05, 3.63) is 0 Å². The fraction of sp³-hybridized carbons (Fsp3) is 0.833. The van der Waals surface area contributed by atoms with E-state index >= 15 is 0 Å². The quantitative estimate of drug-likeness (QED) is 0.527. The summed E-state index contributed by atoms with van der Waals surface area (Å²) in [6.07, 6.45) is 4.57. The van der Waals surface area contributed by atoms with Crippen LogP contribution in [0.3, 0.4) is 0 Å². The highest BCUT2D eigenvalue weighted by atomic mass is 16.5. The Morgan fingerprint density at radius 1 is 1.56 bits per heavy atom. The number of carbonyl (C=O) groups is 1. The van der Waals surface area contributed by atoms with Crippen molar-refractivity contribution in [1.29, 1.82) is 5.26 Å². The first-order valence-corrected chi connectivity index (χ1v) is 6.00. The first-order valence-electron chi connectivity index (χ1n) is 6.00. The molecule has 1 unspecified atom stereocenters. The summed E-state index contributed by atoms with van der Waals surface area (Å²) in [5, 5.41) is 8.81. The van der Waals surface area contributed by atoms with Crippen LogP contribution in [-0.4, -0.2) is 36.1 Å². The maximum Gasteiger partial charge on any atom is 0.323 e. The van der Waals surface area contributed by atoms with Crippen LogP contribution in [0.15, 0.2) is 0 Å². The van der Waals surface area contributed by atoms with Crippen molar-refractivity contribution in [2.24, 2.45) is 0 Å². The van der Waals surface area contributed by atoms with Gasteiger partial charge >= 0.3 is 5.97 Å². The lowest BCUT2D eigenvalue weighted by atomic mass is 10.1. The summed E-state index contributed by atoms with van der Waals surface area (Å²) in [5.74, 6) is -0.218. The summed E-state index contributed by atoms with van der Waals surface area (Å²) < 4.78 is 5.00. The molecule has 0 saturated heterocycles. The van der Waals surface area contributed by atoms with E-state index in [4.69, 9.17) is 10.00 Å². The molecule has 1 atom stereocenters. The predicted octanol–water partition coefficient (Wildman–Crippen LogP) is 1.71. The lowest BCUT2D eigenvalue weighted by Gasteiger charge is -2.30. The van der Waals surface area contributed by atoms with E-state index in [2.05, 4.69) is 6.07 Å². The number of ether oxygens (including phenoxy) is 1. The summed E-state index contributed by atoms with van der Waals surface area (Å²) in [4.78, 5) is 13.6. The molecule has 0 amide bonds. The van der Waals surface area contributed by atoms with Gasteiger partial charge in [0.15, 0.2) is 0 Å². The van der Waals surface area contributed by atoms with Gasteiger partial charge in [0.2, 0.25) is 0 Å². The fourth-order valence-corrected chi connectivity index (χ4v) is 2.30. The van der Waals surface area contributed by atoms with Crippen LogP contribution in [-0.2, 0) is 9.53 Å². The molecule has 1 fully saturated rings. The lowest BCUT2D eigenvalue weighted by molar-refractivity contribution is -0.149. The van der Waals surface area contributed by atoms with E-state index in [9.17, 15) is 4.79 Å². The Hall–Kier alpha value is -1.08. The van der Waals surface area contributed by atoms with Gasteiger partial charge in [0.1, 0.15) is 6.04 Å². The minimum Gasteiger partial charge on any atom is -0.465 e. The van der Waals surface area contributed by atoms with Crippen molar-refractivity contribution in [2.75, 3.05) is 13.2 Å². The van der Waals surface area contributed by atoms with Crippen molar-refractivity contribution in [3.63, 3.8) is 0 Å². The molecule has 0 heterocycles. The van der Waals surface area contributed by atoms with Crippen LogP contribution in [0.5, 0.6) is 0 Å². The van der Waals surface area contributed by atoms with Crippen molar-refractivity contribution >= 4 is 5.97 Å². The summed E-state index contributed by atoms with van der Waals surface area (Å²) >= 11 is 0. The van der Waals surface area contributed by atoms with Crippen molar-refractivity contribution < 1.29 is 9.53 Å². The molecular formula is C12H20N2O2. The number of carbonyl (C=O) groups excluding carboxylic acids is 1. The van der Waals surface area contributed by atoms with Crippen LogP contribution >= 0.6 is 0 Å². The van der Waals surface area contributed by atoms with Gasteiger partial charge in [-0.2, -0.15) is 5.26 Å². The minimum atomic E-state index is -0.303. The average molecular weight is 224 g/mol. The topological polar surface area (TPSA) is 53.3 Å². The molecule has 0 spiro atoms. The molecule has 0 aromatic rings. The van der Waals surface area contributed by atoms with E-state index in [1.54, 1.807) is 6.92 Å². The van der Waals surface area contributed by atoms with Gasteiger partial charge in [0.25, 0.3) is 0 Å². The molecule has 4 nitrogen and oxygen atoms in total. The molecule has 1 saturated carbocycles. The predicted molar refractivity (Wildman–Crippen MR) is 60.7 cm³/mol. The summed E-state index contributed by atoms with van der Waals surface area (Å²) in [5.41, 5.74) is 0. The van der Waals surface area contributed by atoms with Gasteiger partial charge in [-0.3, -0.25) is 9.69 Å². The van der Waals surface area contributed by atoms with Crippen LogP contribution in [0.2, 0.25) is 0 Å². The zero-order valence-corrected chi connectivity index (χ0v) is 10.1. The van der Waals surface area contributed by atoms with E-state index < -0.39 is 0 Å². The van der Waals surface area contributed by atoms with Gasteiger partial charge in [-0.1, -0.05) is 12.8 Å². The number of esters is 1. The largest absolute Gasteiger partial charge is 0.465 e. The molecular weight excluding hydrogens is 204 g/mol. The fourth-order valence-electron chi connectivity index (χ4n) is 2.30. The number of nitriles is 1. The summed E-state index contributed by atoms with van der Waals surface area (Å²) in [7, 11) is 0. The molecule has 0 N–H and O–H groups in total. The Morgan fingerprint density at radius 2 is 2.19 bits per heavy atom. The molecule has 1 rings (SSSR count). The average Bonchev–Trinajstić information content (AvgIpc) is 2.78.